The Labute approximate surface area is 104 Å². The van der Waals surface area contributed by atoms with Gasteiger partial charge in [0.25, 0.3) is 10.0 Å². The van der Waals surface area contributed by atoms with Gasteiger partial charge in [0.2, 0.25) is 0 Å². The largest absolute Gasteiger partial charge is 0.383 e. The summed E-state index contributed by atoms with van der Waals surface area (Å²) in [5, 5.41) is 0. The van der Waals surface area contributed by atoms with Crippen LogP contribution in [0, 0.1) is 0 Å². The Morgan fingerprint density at radius 2 is 2.31 bits per heavy atom. The number of ether oxygens (including phenoxy) is 1. The van der Waals surface area contributed by atoms with E-state index in [1.54, 1.807) is 6.92 Å². The Morgan fingerprint density at radius 3 is 2.75 bits per heavy atom. The summed E-state index contributed by atoms with van der Waals surface area (Å²) in [4.78, 5) is 3.73. The van der Waals surface area contributed by atoms with Crippen molar-refractivity contribution in [2.75, 3.05) is 26.8 Å². The predicted molar refractivity (Wildman–Crippen MR) is 63.4 cm³/mol. The Kier molecular flexibility index (Phi) is 5.13. The lowest BCUT2D eigenvalue weighted by Crippen LogP contribution is -2.33. The van der Waals surface area contributed by atoms with E-state index in [0.717, 1.165) is 11.3 Å². The molecule has 92 valence electrons. The highest BCUT2D eigenvalue weighted by Crippen LogP contribution is 2.25. The summed E-state index contributed by atoms with van der Waals surface area (Å²) in [5.74, 6) is 0. The number of sulfonamides is 1. The van der Waals surface area contributed by atoms with Gasteiger partial charge in [-0.05, 0) is 0 Å². The molecule has 0 bridgehead atoms. The molecule has 1 heterocycles. The second-order valence-electron chi connectivity index (χ2n) is 2.92. The van der Waals surface area contributed by atoms with Gasteiger partial charge in [-0.2, -0.15) is 4.31 Å². The molecule has 1 aromatic rings. The van der Waals surface area contributed by atoms with Crippen LogP contribution in [0.25, 0.3) is 0 Å². The van der Waals surface area contributed by atoms with Crippen molar-refractivity contribution >= 4 is 33.0 Å². The maximum atomic E-state index is 12.1. The lowest BCUT2D eigenvalue weighted by molar-refractivity contribution is 0.180. The first-order valence-corrected chi connectivity index (χ1v) is 7.26. The van der Waals surface area contributed by atoms with E-state index in [1.165, 1.54) is 17.6 Å². The quantitative estimate of drug-likeness (QED) is 0.793. The molecule has 0 fully saturated rings. The van der Waals surface area contributed by atoms with Gasteiger partial charge in [0.05, 0.1) is 12.8 Å². The number of thiazole rings is 1. The lowest BCUT2D eigenvalue weighted by atomic mass is 10.6. The van der Waals surface area contributed by atoms with Crippen LogP contribution in [-0.2, 0) is 14.8 Å². The van der Waals surface area contributed by atoms with Crippen LogP contribution in [0.15, 0.2) is 10.4 Å². The van der Waals surface area contributed by atoms with Gasteiger partial charge in [0.15, 0.2) is 8.68 Å². The number of methoxy groups -OCH3 is 1. The number of hydrogen-bond acceptors (Lipinski definition) is 5. The first-order valence-electron chi connectivity index (χ1n) is 4.62. The van der Waals surface area contributed by atoms with Crippen LogP contribution in [0.4, 0.5) is 0 Å². The molecule has 0 amide bonds. The molecule has 5 nitrogen and oxygen atoms in total. The molecule has 0 aromatic carbocycles. The van der Waals surface area contributed by atoms with Gasteiger partial charge >= 0.3 is 0 Å². The molecule has 0 atom stereocenters. The average Bonchev–Trinajstić information content (AvgIpc) is 2.66. The molecule has 16 heavy (non-hydrogen) atoms. The van der Waals surface area contributed by atoms with E-state index in [4.69, 9.17) is 16.3 Å². The van der Waals surface area contributed by atoms with Crippen molar-refractivity contribution in [3.8, 4) is 0 Å². The van der Waals surface area contributed by atoms with E-state index in [9.17, 15) is 8.42 Å². The van der Waals surface area contributed by atoms with Gasteiger partial charge in [0, 0.05) is 20.2 Å². The molecular weight excluding hydrogens is 272 g/mol. The number of halogens is 1. The fourth-order valence-corrected chi connectivity index (χ4v) is 4.01. The molecule has 0 aliphatic rings. The Morgan fingerprint density at radius 1 is 1.62 bits per heavy atom. The van der Waals surface area contributed by atoms with Crippen molar-refractivity contribution in [1.82, 2.24) is 9.29 Å². The molecule has 0 saturated carbocycles. The zero-order chi connectivity index (χ0) is 12.2. The van der Waals surface area contributed by atoms with Gasteiger partial charge in [0.1, 0.15) is 0 Å². The first kappa shape index (κ1) is 13.9. The summed E-state index contributed by atoms with van der Waals surface area (Å²) >= 11 is 6.57. The average molecular weight is 285 g/mol. The minimum absolute atomic E-state index is 0.162. The third kappa shape index (κ3) is 3.14. The minimum atomic E-state index is -3.48. The Balaban J connectivity index is 2.90. The van der Waals surface area contributed by atoms with Crippen LogP contribution < -0.4 is 0 Å². The molecule has 1 rings (SSSR count). The van der Waals surface area contributed by atoms with Crippen LogP contribution in [0.5, 0.6) is 0 Å². The number of aromatic nitrogens is 1. The molecule has 0 unspecified atom stereocenters. The standard InChI is InChI=1S/C8H13ClN2O3S2/c1-3-11(4-5-14-2)16(12,13)7-6-10-8(9)15-7/h6H,3-5H2,1-2H3. The first-order chi connectivity index (χ1) is 7.52. The van der Waals surface area contributed by atoms with Crippen molar-refractivity contribution in [1.29, 1.82) is 0 Å². The monoisotopic (exact) mass is 284 g/mol. The van der Waals surface area contributed by atoms with E-state index >= 15 is 0 Å². The number of likely N-dealkylation sites (N-methyl/N-ethyl adjacent to an activating group) is 1. The van der Waals surface area contributed by atoms with Crippen molar-refractivity contribution < 1.29 is 13.2 Å². The van der Waals surface area contributed by atoms with Gasteiger partial charge in [-0.1, -0.05) is 29.9 Å². The predicted octanol–water partition coefficient (Wildman–Crippen LogP) is 1.45. The summed E-state index contributed by atoms with van der Waals surface area (Å²) in [6.45, 7) is 2.85. The summed E-state index contributed by atoms with van der Waals surface area (Å²) in [6.07, 6.45) is 1.28. The molecule has 0 aliphatic heterocycles. The van der Waals surface area contributed by atoms with Crippen LogP contribution in [0.2, 0.25) is 4.47 Å². The highest BCUT2D eigenvalue weighted by Gasteiger charge is 2.24. The minimum Gasteiger partial charge on any atom is -0.383 e. The van der Waals surface area contributed by atoms with E-state index in [-0.39, 0.29) is 8.68 Å². The fourth-order valence-electron chi connectivity index (χ4n) is 1.13. The maximum Gasteiger partial charge on any atom is 0.254 e. The van der Waals surface area contributed by atoms with Crippen molar-refractivity contribution in [2.45, 2.75) is 11.1 Å². The highest BCUT2D eigenvalue weighted by atomic mass is 35.5. The smallest absolute Gasteiger partial charge is 0.254 e. The van der Waals surface area contributed by atoms with Crippen LogP contribution in [-0.4, -0.2) is 44.5 Å². The summed E-state index contributed by atoms with van der Waals surface area (Å²) in [6, 6.07) is 0. The zero-order valence-corrected chi connectivity index (χ0v) is 11.4. The van der Waals surface area contributed by atoms with E-state index < -0.39 is 10.0 Å². The third-order valence-electron chi connectivity index (χ3n) is 1.95. The topological polar surface area (TPSA) is 59.5 Å². The summed E-state index contributed by atoms with van der Waals surface area (Å²) in [5.41, 5.74) is 0. The number of rotatable bonds is 6. The van der Waals surface area contributed by atoms with Gasteiger partial charge < -0.3 is 4.74 Å². The Bertz CT molecular complexity index is 432. The third-order valence-corrected chi connectivity index (χ3v) is 5.47. The molecular formula is C8H13ClN2O3S2. The van der Waals surface area contributed by atoms with E-state index in [0.29, 0.717) is 19.7 Å². The number of hydrogen-bond donors (Lipinski definition) is 0. The van der Waals surface area contributed by atoms with Gasteiger partial charge in [-0.15, -0.1) is 0 Å². The lowest BCUT2D eigenvalue weighted by Gasteiger charge is -2.18. The SMILES string of the molecule is CCN(CCOC)S(=O)(=O)c1cnc(Cl)s1. The molecule has 0 saturated heterocycles. The van der Waals surface area contributed by atoms with E-state index in [2.05, 4.69) is 4.98 Å². The maximum absolute atomic E-state index is 12.1. The molecule has 1 aromatic heterocycles. The normalized spacial score (nSPS) is 12.2. The number of nitrogens with zero attached hydrogens (tertiary/aromatic N) is 2. The van der Waals surface area contributed by atoms with E-state index in [1.807, 2.05) is 0 Å². The summed E-state index contributed by atoms with van der Waals surface area (Å²) in [7, 11) is -1.95. The molecule has 0 N–H and O–H groups in total. The second kappa shape index (κ2) is 5.92. The summed E-state index contributed by atoms with van der Waals surface area (Å²) < 4.78 is 30.7. The van der Waals surface area contributed by atoms with Crippen LogP contribution in [0.1, 0.15) is 6.92 Å². The van der Waals surface area contributed by atoms with Crippen molar-refractivity contribution in [3.63, 3.8) is 0 Å². The second-order valence-corrected chi connectivity index (χ2v) is 6.70. The zero-order valence-electron chi connectivity index (χ0n) is 9.01. The molecule has 0 aliphatic carbocycles. The Hall–Kier alpha value is -0.210. The van der Waals surface area contributed by atoms with Crippen molar-refractivity contribution in [2.24, 2.45) is 0 Å². The van der Waals surface area contributed by atoms with Crippen LogP contribution in [0.3, 0.4) is 0 Å². The van der Waals surface area contributed by atoms with Crippen molar-refractivity contribution in [3.05, 3.63) is 10.7 Å². The molecule has 0 spiro atoms. The highest BCUT2D eigenvalue weighted by molar-refractivity contribution is 7.91. The molecule has 0 radical (unpaired) electrons. The molecule has 8 heteroatoms. The fraction of sp³-hybridized carbons (Fsp3) is 0.625. The van der Waals surface area contributed by atoms with Crippen LogP contribution >= 0.6 is 22.9 Å². The van der Waals surface area contributed by atoms with Gasteiger partial charge in [-0.3, -0.25) is 0 Å². The van der Waals surface area contributed by atoms with Gasteiger partial charge in [-0.25, -0.2) is 13.4 Å².